The van der Waals surface area contributed by atoms with Gasteiger partial charge in [0.15, 0.2) is 0 Å². The maximum absolute atomic E-state index is 9.08. The van der Waals surface area contributed by atoms with E-state index < -0.39 is 10.1 Å². The number of hydrogen-bond donors (Lipinski definition) is 1. The zero-order chi connectivity index (χ0) is 10.5. The predicted octanol–water partition coefficient (Wildman–Crippen LogP) is -2.04. The normalized spacial score (nSPS) is 23.8. The van der Waals surface area contributed by atoms with Crippen molar-refractivity contribution in [2.24, 2.45) is 0 Å². The molecule has 0 bridgehead atoms. The van der Waals surface area contributed by atoms with Crippen molar-refractivity contribution in [3.63, 3.8) is 0 Å². The third-order valence-electron chi connectivity index (χ3n) is 1.84. The van der Waals surface area contributed by atoms with Crippen LogP contribution in [0.1, 0.15) is 6.92 Å². The molecule has 0 saturated carbocycles. The van der Waals surface area contributed by atoms with Gasteiger partial charge in [-0.15, -0.1) is 0 Å². The van der Waals surface area contributed by atoms with Crippen LogP contribution < -0.4 is 4.90 Å². The average molecular weight is 210 g/mol. The predicted molar refractivity (Wildman–Crippen MR) is 49.5 cm³/mol. The molecule has 6 heteroatoms. The second-order valence-electron chi connectivity index (χ2n) is 3.30. The minimum Gasteiger partial charge on any atom is -0.748 e. The van der Waals surface area contributed by atoms with Crippen LogP contribution in [-0.2, 0) is 10.1 Å². The molecule has 0 aromatic heterocycles. The van der Waals surface area contributed by atoms with Crippen LogP contribution >= 0.6 is 0 Å². The summed E-state index contributed by atoms with van der Waals surface area (Å²) in [6, 6.07) is 0. The summed E-state index contributed by atoms with van der Waals surface area (Å²) in [5, 5.41) is 0. The summed E-state index contributed by atoms with van der Waals surface area (Å²) in [4.78, 5) is 4.09. The van der Waals surface area contributed by atoms with E-state index in [1.54, 1.807) is 4.90 Å². The second-order valence-corrected chi connectivity index (χ2v) is 4.70. The Kier molecular flexibility index (Phi) is 5.46. The van der Waals surface area contributed by atoms with Gasteiger partial charge in [0.05, 0.1) is 29.8 Å². The van der Waals surface area contributed by atoms with E-state index in [0.717, 1.165) is 0 Å². The van der Waals surface area contributed by atoms with Crippen molar-refractivity contribution in [1.29, 1.82) is 0 Å². The van der Waals surface area contributed by atoms with E-state index in [-0.39, 0.29) is 0 Å². The lowest BCUT2D eigenvalue weighted by atomic mass is 10.6. The van der Waals surface area contributed by atoms with Gasteiger partial charge < -0.3 is 9.45 Å². The molecule has 1 N–H and O–H groups in total. The van der Waals surface area contributed by atoms with Gasteiger partial charge >= 0.3 is 0 Å². The standard InChI is InChI=1S/C6H14N2.CH4O3S/c1-3-8-5-4-7(2)6-8;1-5(2,3)4/h3-6H2,1-2H3;1H3,(H,2,3,4). The summed E-state index contributed by atoms with van der Waals surface area (Å²) in [6.07, 6.45) is 0.604. The molecule has 13 heavy (non-hydrogen) atoms. The van der Waals surface area contributed by atoms with Crippen LogP contribution in [0.4, 0.5) is 0 Å². The third-order valence-corrected chi connectivity index (χ3v) is 1.84. The van der Waals surface area contributed by atoms with E-state index in [1.807, 2.05) is 0 Å². The Morgan fingerprint density at radius 3 is 2.15 bits per heavy atom. The third kappa shape index (κ3) is 9.75. The quantitative estimate of drug-likeness (QED) is 0.506. The molecule has 1 fully saturated rings. The van der Waals surface area contributed by atoms with Gasteiger partial charge in [0.1, 0.15) is 6.67 Å². The van der Waals surface area contributed by atoms with Gasteiger partial charge in [-0.25, -0.2) is 8.42 Å². The summed E-state index contributed by atoms with van der Waals surface area (Å²) in [5.74, 6) is 0. The van der Waals surface area contributed by atoms with Gasteiger partial charge in [-0.3, -0.25) is 4.90 Å². The number of rotatable bonds is 1. The summed E-state index contributed by atoms with van der Waals surface area (Å²) in [7, 11) is -1.73. The van der Waals surface area contributed by atoms with Crippen molar-refractivity contribution in [3.8, 4) is 0 Å². The lowest BCUT2D eigenvalue weighted by Crippen LogP contribution is -3.10. The molecule has 1 heterocycles. The highest BCUT2D eigenvalue weighted by molar-refractivity contribution is 7.84. The lowest BCUT2D eigenvalue weighted by molar-refractivity contribution is -0.889. The van der Waals surface area contributed by atoms with Gasteiger partial charge in [0.2, 0.25) is 0 Å². The minimum absolute atomic E-state index is 0.604. The Morgan fingerprint density at radius 1 is 1.54 bits per heavy atom. The second kappa shape index (κ2) is 5.54. The molecule has 0 aromatic carbocycles. The molecule has 1 rings (SSSR count). The van der Waals surface area contributed by atoms with Crippen molar-refractivity contribution < 1.29 is 17.9 Å². The summed E-state index contributed by atoms with van der Waals surface area (Å²) < 4.78 is 27.2. The molecule has 1 aliphatic rings. The van der Waals surface area contributed by atoms with Crippen LogP contribution in [0.3, 0.4) is 0 Å². The first-order valence-electron chi connectivity index (χ1n) is 4.26. The van der Waals surface area contributed by atoms with Gasteiger partial charge in [-0.2, -0.15) is 0 Å². The largest absolute Gasteiger partial charge is 0.748 e. The highest BCUT2D eigenvalue weighted by atomic mass is 32.2. The van der Waals surface area contributed by atoms with Crippen LogP contribution in [-0.4, -0.2) is 57.5 Å². The number of nitrogens with zero attached hydrogens (tertiary/aromatic N) is 1. The Balaban J connectivity index is 0.000000252. The van der Waals surface area contributed by atoms with Gasteiger partial charge in [0.25, 0.3) is 0 Å². The zero-order valence-corrected chi connectivity index (χ0v) is 9.23. The van der Waals surface area contributed by atoms with Crippen molar-refractivity contribution in [3.05, 3.63) is 0 Å². The van der Waals surface area contributed by atoms with Crippen LogP contribution in [0.15, 0.2) is 0 Å². The van der Waals surface area contributed by atoms with Crippen LogP contribution in [0, 0.1) is 0 Å². The van der Waals surface area contributed by atoms with Crippen LogP contribution in [0.25, 0.3) is 0 Å². The molecule has 80 valence electrons. The highest BCUT2D eigenvalue weighted by Gasteiger charge is 2.16. The Morgan fingerprint density at radius 2 is 2.00 bits per heavy atom. The summed E-state index contributed by atoms with van der Waals surface area (Å²) >= 11 is 0. The van der Waals surface area contributed by atoms with Crippen LogP contribution in [0.5, 0.6) is 0 Å². The Labute approximate surface area is 80.1 Å². The van der Waals surface area contributed by atoms with Crippen molar-refractivity contribution in [1.82, 2.24) is 4.90 Å². The summed E-state index contributed by atoms with van der Waals surface area (Å²) in [6.45, 7) is 7.39. The van der Waals surface area contributed by atoms with E-state index in [1.165, 1.54) is 26.3 Å². The number of nitrogens with one attached hydrogen (secondary N) is 1. The van der Waals surface area contributed by atoms with Gasteiger partial charge in [-0.1, -0.05) is 0 Å². The maximum Gasteiger partial charge on any atom is 0.133 e. The molecule has 0 aliphatic carbocycles. The van der Waals surface area contributed by atoms with Gasteiger partial charge in [0, 0.05) is 6.26 Å². The fourth-order valence-electron chi connectivity index (χ4n) is 1.18. The Hall–Kier alpha value is -0.170. The molecule has 5 nitrogen and oxygen atoms in total. The Bertz CT molecular complexity index is 220. The minimum atomic E-state index is -3.92. The van der Waals surface area contributed by atoms with E-state index in [9.17, 15) is 0 Å². The highest BCUT2D eigenvalue weighted by Crippen LogP contribution is 1.78. The maximum atomic E-state index is 9.08. The smallest absolute Gasteiger partial charge is 0.133 e. The molecular formula is C7H18N2O3S. The van der Waals surface area contributed by atoms with Crippen molar-refractivity contribution in [2.75, 3.05) is 39.6 Å². The summed E-state index contributed by atoms with van der Waals surface area (Å²) in [5.41, 5.74) is 0. The monoisotopic (exact) mass is 210 g/mol. The molecule has 1 aliphatic heterocycles. The van der Waals surface area contributed by atoms with E-state index in [2.05, 4.69) is 18.9 Å². The van der Waals surface area contributed by atoms with Gasteiger partial charge in [-0.05, 0) is 14.0 Å². The number of likely N-dealkylation sites (N-methyl/N-ethyl adjacent to an activating group) is 2. The van der Waals surface area contributed by atoms with E-state index in [0.29, 0.717) is 6.26 Å². The number of hydrogen-bond acceptors (Lipinski definition) is 4. The average Bonchev–Trinajstić information content (AvgIpc) is 2.31. The lowest BCUT2D eigenvalue weighted by Gasteiger charge is -2.07. The van der Waals surface area contributed by atoms with Crippen molar-refractivity contribution in [2.45, 2.75) is 6.92 Å². The zero-order valence-electron chi connectivity index (χ0n) is 8.41. The first kappa shape index (κ1) is 12.8. The SMILES string of the molecule is CC[NH+]1CCN(C)C1.CS(=O)(=O)[O-]. The molecule has 1 atom stereocenters. The molecule has 1 saturated heterocycles. The molecular weight excluding hydrogens is 192 g/mol. The number of quaternary nitrogens is 1. The first-order valence-corrected chi connectivity index (χ1v) is 6.07. The van der Waals surface area contributed by atoms with E-state index >= 15 is 0 Å². The van der Waals surface area contributed by atoms with E-state index in [4.69, 9.17) is 13.0 Å². The topological polar surface area (TPSA) is 64.9 Å². The molecule has 0 amide bonds. The van der Waals surface area contributed by atoms with Crippen LogP contribution in [0.2, 0.25) is 0 Å². The fraction of sp³-hybridized carbons (Fsp3) is 1.00. The van der Waals surface area contributed by atoms with Crippen molar-refractivity contribution >= 4 is 10.1 Å². The molecule has 0 aromatic rings. The fourth-order valence-corrected chi connectivity index (χ4v) is 1.18. The molecule has 0 radical (unpaired) electrons. The molecule has 1 unspecified atom stereocenters. The molecule has 0 spiro atoms. The first-order chi connectivity index (χ1) is 5.83.